The van der Waals surface area contributed by atoms with Crippen molar-refractivity contribution in [1.82, 2.24) is 5.32 Å². The first-order valence-corrected chi connectivity index (χ1v) is 6.81. The molecule has 2 amide bonds. The lowest BCUT2D eigenvalue weighted by molar-refractivity contribution is -0.124. The van der Waals surface area contributed by atoms with Crippen LogP contribution in [-0.4, -0.2) is 25.9 Å². The second kappa shape index (κ2) is 3.33. The Morgan fingerprint density at radius 1 is 0.778 bits per heavy atom. The maximum absolute atomic E-state index is 11.8. The molecule has 0 aromatic carbocycles. The fraction of sp³-hybridized carbons (Fsp3) is 0.333. The number of amides is 2. The summed E-state index contributed by atoms with van der Waals surface area (Å²) >= 11 is 36.9. The minimum atomic E-state index is -1.92. The number of hydrogen-bond donors (Lipinski definition) is 1. The van der Waals surface area contributed by atoms with E-state index in [1.54, 1.807) is 0 Å². The molecule has 0 saturated carbocycles. The molecule has 0 fully saturated rings. The zero-order valence-corrected chi connectivity index (χ0v) is 12.6. The molecule has 2 atom stereocenters. The molecule has 0 saturated heterocycles. The zero-order chi connectivity index (χ0) is 13.7. The Hall–Kier alpha value is 0.360. The third-order valence-electron chi connectivity index (χ3n) is 3.28. The summed E-state index contributed by atoms with van der Waals surface area (Å²) in [6.07, 6.45) is 0. The third-order valence-corrected chi connectivity index (χ3v) is 7.36. The van der Waals surface area contributed by atoms with Crippen LogP contribution in [0.15, 0.2) is 21.2 Å². The van der Waals surface area contributed by atoms with Crippen LogP contribution in [0, 0.1) is 0 Å². The summed E-state index contributed by atoms with van der Waals surface area (Å²) in [5, 5.41) is 1.78. The molecule has 0 aromatic heterocycles. The molecule has 3 rings (SSSR count). The SMILES string of the molecule is O=C1NC(=O)C2=C1C1(Cl)C(Cl)=C(Cl)C2(Cl)C1(Cl)Cl. The molecule has 0 spiro atoms. The van der Waals surface area contributed by atoms with Crippen molar-refractivity contribution in [3.63, 3.8) is 0 Å². The van der Waals surface area contributed by atoms with E-state index >= 15 is 0 Å². The number of halogens is 6. The minimum Gasteiger partial charge on any atom is -0.289 e. The van der Waals surface area contributed by atoms with E-state index in [1.165, 1.54) is 0 Å². The number of nitrogens with one attached hydrogen (secondary N) is 1. The van der Waals surface area contributed by atoms with Crippen molar-refractivity contribution >= 4 is 81.4 Å². The Kier molecular flexibility index (Phi) is 2.47. The lowest BCUT2D eigenvalue weighted by Gasteiger charge is -2.33. The summed E-state index contributed by atoms with van der Waals surface area (Å²) in [5.74, 6) is -1.44. The van der Waals surface area contributed by atoms with Gasteiger partial charge in [-0.25, -0.2) is 0 Å². The summed E-state index contributed by atoms with van der Waals surface area (Å²) < 4.78 is -1.92. The van der Waals surface area contributed by atoms with Crippen LogP contribution in [-0.2, 0) is 9.59 Å². The van der Waals surface area contributed by atoms with Crippen molar-refractivity contribution in [3.8, 4) is 0 Å². The molecular formula is C9HCl6NO2. The fourth-order valence-electron chi connectivity index (χ4n) is 2.46. The number of rotatable bonds is 0. The van der Waals surface area contributed by atoms with Crippen molar-refractivity contribution in [2.24, 2.45) is 0 Å². The maximum atomic E-state index is 11.8. The second-order valence-electron chi connectivity index (χ2n) is 4.05. The van der Waals surface area contributed by atoms with Crippen LogP contribution in [0.5, 0.6) is 0 Å². The lowest BCUT2D eigenvalue weighted by atomic mass is 9.98. The van der Waals surface area contributed by atoms with Gasteiger partial charge in [0.05, 0.1) is 21.2 Å². The van der Waals surface area contributed by atoms with Gasteiger partial charge < -0.3 is 0 Å². The summed E-state index contributed by atoms with van der Waals surface area (Å²) in [4.78, 5) is 19.9. The molecule has 18 heavy (non-hydrogen) atoms. The molecule has 2 bridgehead atoms. The molecule has 3 nitrogen and oxygen atoms in total. The molecular weight excluding hydrogens is 367 g/mol. The van der Waals surface area contributed by atoms with Crippen molar-refractivity contribution < 1.29 is 9.59 Å². The Balaban J connectivity index is 2.44. The maximum Gasteiger partial charge on any atom is 0.256 e. The van der Waals surface area contributed by atoms with Crippen LogP contribution >= 0.6 is 69.6 Å². The standard InChI is InChI=1S/C9HCl6NO2/c10-3-4(11)8(13)2-1(5(17)16-6(2)18)7(3,12)9(8,14)15/h(H,16,17,18). The molecule has 0 aromatic rings. The molecule has 96 valence electrons. The number of hydrogen-bond acceptors (Lipinski definition) is 2. The van der Waals surface area contributed by atoms with E-state index in [0.29, 0.717) is 0 Å². The Morgan fingerprint density at radius 2 is 1.11 bits per heavy atom. The van der Waals surface area contributed by atoms with E-state index in [2.05, 4.69) is 5.32 Å². The van der Waals surface area contributed by atoms with Gasteiger partial charge in [0.15, 0.2) is 4.33 Å². The highest BCUT2D eigenvalue weighted by molar-refractivity contribution is 6.69. The fourth-order valence-corrected chi connectivity index (χ4v) is 5.14. The van der Waals surface area contributed by atoms with Gasteiger partial charge in [0.2, 0.25) is 0 Å². The van der Waals surface area contributed by atoms with Gasteiger partial charge in [-0.15, -0.1) is 23.2 Å². The average molecular weight is 368 g/mol. The topological polar surface area (TPSA) is 46.2 Å². The van der Waals surface area contributed by atoms with Crippen molar-refractivity contribution in [1.29, 1.82) is 0 Å². The Bertz CT molecular complexity index is 560. The average Bonchev–Trinajstić information content (AvgIpc) is 2.68. The van der Waals surface area contributed by atoms with Gasteiger partial charge in [0, 0.05) is 0 Å². The summed E-state index contributed by atoms with van der Waals surface area (Å²) in [7, 11) is 0. The molecule has 2 aliphatic carbocycles. The normalized spacial score (nSPS) is 40.8. The van der Waals surface area contributed by atoms with E-state index in [-0.39, 0.29) is 21.2 Å². The molecule has 1 aliphatic heterocycles. The van der Waals surface area contributed by atoms with Gasteiger partial charge in [-0.2, -0.15) is 0 Å². The summed E-state index contributed by atoms with van der Waals surface area (Å²) in [6.45, 7) is 0. The van der Waals surface area contributed by atoms with E-state index in [0.717, 1.165) is 0 Å². The first kappa shape index (κ1) is 13.3. The van der Waals surface area contributed by atoms with Gasteiger partial charge in [-0.05, 0) is 0 Å². The van der Waals surface area contributed by atoms with E-state index in [4.69, 9.17) is 69.6 Å². The number of fused-ring (bicyclic) bond motifs is 4. The lowest BCUT2D eigenvalue weighted by Crippen LogP contribution is -2.50. The number of alkyl halides is 4. The predicted octanol–water partition coefficient (Wildman–Crippen LogP) is 2.78. The van der Waals surface area contributed by atoms with Crippen LogP contribution < -0.4 is 5.32 Å². The molecule has 9 heteroatoms. The van der Waals surface area contributed by atoms with Crippen molar-refractivity contribution in [2.45, 2.75) is 14.1 Å². The number of carbonyl (C=O) groups is 2. The van der Waals surface area contributed by atoms with E-state index in [1.807, 2.05) is 0 Å². The van der Waals surface area contributed by atoms with Gasteiger partial charge in [-0.3, -0.25) is 14.9 Å². The van der Waals surface area contributed by atoms with Crippen LogP contribution in [0.1, 0.15) is 0 Å². The highest BCUT2D eigenvalue weighted by Crippen LogP contribution is 2.74. The number of carbonyl (C=O) groups excluding carboxylic acids is 2. The van der Waals surface area contributed by atoms with Crippen LogP contribution in [0.4, 0.5) is 0 Å². The van der Waals surface area contributed by atoms with Gasteiger partial charge >= 0.3 is 0 Å². The predicted molar refractivity (Wildman–Crippen MR) is 70.5 cm³/mol. The van der Waals surface area contributed by atoms with Gasteiger partial charge in [-0.1, -0.05) is 46.4 Å². The summed E-state index contributed by atoms with van der Waals surface area (Å²) in [5.41, 5.74) is -0.271. The molecule has 1 N–H and O–H groups in total. The molecule has 3 aliphatic rings. The largest absolute Gasteiger partial charge is 0.289 e. The number of imide groups is 1. The van der Waals surface area contributed by atoms with E-state index in [9.17, 15) is 9.59 Å². The zero-order valence-electron chi connectivity index (χ0n) is 8.08. The Labute approximate surface area is 131 Å². The molecule has 2 unspecified atom stereocenters. The second-order valence-corrected chi connectivity index (χ2v) is 7.27. The van der Waals surface area contributed by atoms with Crippen molar-refractivity contribution in [3.05, 3.63) is 21.2 Å². The first-order chi connectivity index (χ1) is 8.11. The third kappa shape index (κ3) is 0.993. The van der Waals surface area contributed by atoms with Gasteiger partial charge in [0.25, 0.3) is 11.8 Å². The first-order valence-electron chi connectivity index (χ1n) is 4.54. The quantitative estimate of drug-likeness (QED) is 0.528. The van der Waals surface area contributed by atoms with Crippen LogP contribution in [0.3, 0.4) is 0 Å². The number of allylic oxidation sites excluding steroid dienone is 2. The highest BCUT2D eigenvalue weighted by atomic mass is 35.5. The summed E-state index contributed by atoms with van der Waals surface area (Å²) in [6, 6.07) is 0. The highest BCUT2D eigenvalue weighted by Gasteiger charge is 2.81. The monoisotopic (exact) mass is 365 g/mol. The van der Waals surface area contributed by atoms with Crippen LogP contribution in [0.2, 0.25) is 0 Å². The smallest absolute Gasteiger partial charge is 0.256 e. The minimum absolute atomic E-state index is 0.136. The van der Waals surface area contributed by atoms with Crippen molar-refractivity contribution in [2.75, 3.05) is 0 Å². The Morgan fingerprint density at radius 3 is 1.44 bits per heavy atom. The van der Waals surface area contributed by atoms with Gasteiger partial charge in [0.1, 0.15) is 9.75 Å². The van der Waals surface area contributed by atoms with E-state index < -0.39 is 25.9 Å². The molecule has 1 heterocycles. The molecule has 0 radical (unpaired) electrons. The van der Waals surface area contributed by atoms with Crippen LogP contribution in [0.25, 0.3) is 0 Å².